The van der Waals surface area contributed by atoms with Crippen molar-refractivity contribution < 1.29 is 31.1 Å². The van der Waals surface area contributed by atoms with E-state index in [1.807, 2.05) is 43.3 Å². The maximum Gasteiger partial charge on any atom is 0.442 e. The number of benzene rings is 1. The third kappa shape index (κ3) is 5.01. The molecule has 1 aromatic carbocycles. The Labute approximate surface area is 192 Å². The van der Waals surface area contributed by atoms with Gasteiger partial charge in [-0.25, -0.2) is 0 Å². The van der Waals surface area contributed by atoms with Crippen molar-refractivity contribution in [1.29, 1.82) is 10.5 Å². The van der Waals surface area contributed by atoms with Crippen molar-refractivity contribution in [3.63, 3.8) is 0 Å². The Hall–Kier alpha value is -3.92. The second-order valence-corrected chi connectivity index (χ2v) is 7.33. The number of nitriles is 2. The molecule has 1 aliphatic rings. The minimum atomic E-state index is -5.95. The van der Waals surface area contributed by atoms with Gasteiger partial charge in [0.25, 0.3) is 0 Å². The van der Waals surface area contributed by atoms with Gasteiger partial charge in [0.15, 0.2) is 5.76 Å². The number of alkyl halides is 6. The first kappa shape index (κ1) is 26.3. The topological polar surface area (TPSA) is 60.0 Å². The maximum atomic E-state index is 13.7. The van der Waals surface area contributed by atoms with Gasteiger partial charge in [-0.2, -0.15) is 36.9 Å². The molecule has 0 amide bonds. The summed E-state index contributed by atoms with van der Waals surface area (Å²) in [6.07, 6.45) is -4.59. The fourth-order valence-corrected chi connectivity index (χ4v) is 3.10. The quantitative estimate of drug-likeness (QED) is 0.279. The van der Waals surface area contributed by atoms with Crippen LogP contribution in [0.4, 0.5) is 32.0 Å². The SMILES string of the molecule is C/C(C#N)=C1\OC(C(F)(F)F)(C(F)(F)F)C(/C=C/C=C/C=C/c2ccc(N(C)C)cc2)=C1C#N. The molecule has 1 aromatic rings. The van der Waals surface area contributed by atoms with Gasteiger partial charge in [0.2, 0.25) is 0 Å². The third-order valence-electron chi connectivity index (χ3n) is 4.84. The van der Waals surface area contributed by atoms with E-state index in [4.69, 9.17) is 5.26 Å². The van der Waals surface area contributed by atoms with Crippen molar-refractivity contribution in [1.82, 2.24) is 0 Å². The number of halogens is 6. The Bertz CT molecular complexity index is 1140. The van der Waals surface area contributed by atoms with E-state index in [0.29, 0.717) is 6.08 Å². The van der Waals surface area contributed by atoms with E-state index in [-0.39, 0.29) is 0 Å². The number of anilines is 1. The first-order chi connectivity index (χ1) is 15.8. The second kappa shape index (κ2) is 9.92. The van der Waals surface area contributed by atoms with Crippen molar-refractivity contribution in [3.05, 3.63) is 82.7 Å². The molecule has 0 N–H and O–H groups in total. The number of hydrogen-bond donors (Lipinski definition) is 0. The highest BCUT2D eigenvalue weighted by Gasteiger charge is 2.78. The minimum Gasteiger partial charge on any atom is -0.462 e. The summed E-state index contributed by atoms with van der Waals surface area (Å²) in [6.45, 7) is 0.965. The summed E-state index contributed by atoms with van der Waals surface area (Å²) in [6, 6.07) is 10.2. The van der Waals surface area contributed by atoms with Crippen LogP contribution in [0.15, 0.2) is 77.1 Å². The molecule has 0 aromatic heterocycles. The molecule has 0 aliphatic carbocycles. The predicted molar refractivity (Wildman–Crippen MR) is 115 cm³/mol. The molecular formula is C24H19F6N3O. The summed E-state index contributed by atoms with van der Waals surface area (Å²) in [5.74, 6) is -1.05. The van der Waals surface area contributed by atoms with Gasteiger partial charge in [0.1, 0.15) is 11.6 Å². The van der Waals surface area contributed by atoms with E-state index >= 15 is 0 Å². The van der Waals surface area contributed by atoms with Crippen molar-refractivity contribution in [2.45, 2.75) is 24.9 Å². The van der Waals surface area contributed by atoms with Crippen LogP contribution in [-0.4, -0.2) is 32.0 Å². The number of hydrogen-bond acceptors (Lipinski definition) is 4. The summed E-state index contributed by atoms with van der Waals surface area (Å²) in [5.41, 5.74) is -5.99. The highest BCUT2D eigenvalue weighted by molar-refractivity contribution is 5.60. The van der Waals surface area contributed by atoms with E-state index in [1.165, 1.54) is 24.3 Å². The Morgan fingerprint density at radius 3 is 1.88 bits per heavy atom. The van der Waals surface area contributed by atoms with Gasteiger partial charge in [0, 0.05) is 25.4 Å². The first-order valence-electron chi connectivity index (χ1n) is 9.67. The van der Waals surface area contributed by atoms with E-state index < -0.39 is 40.4 Å². The van der Waals surface area contributed by atoms with Crippen molar-refractivity contribution in [2.75, 3.05) is 19.0 Å². The first-order valence-corrected chi connectivity index (χ1v) is 9.67. The molecule has 0 saturated heterocycles. The van der Waals surface area contributed by atoms with E-state index in [0.717, 1.165) is 24.3 Å². The van der Waals surface area contributed by atoms with E-state index in [9.17, 15) is 31.6 Å². The van der Waals surface area contributed by atoms with Gasteiger partial charge < -0.3 is 9.64 Å². The molecule has 10 heteroatoms. The monoisotopic (exact) mass is 479 g/mol. The zero-order chi connectivity index (χ0) is 25.7. The molecule has 34 heavy (non-hydrogen) atoms. The fraction of sp³-hybridized carbons (Fsp3) is 0.250. The normalized spacial score (nSPS) is 17.9. The van der Waals surface area contributed by atoms with Gasteiger partial charge in [-0.3, -0.25) is 0 Å². The maximum absolute atomic E-state index is 13.7. The zero-order valence-electron chi connectivity index (χ0n) is 18.3. The summed E-state index contributed by atoms with van der Waals surface area (Å²) in [7, 11) is 3.77. The highest BCUT2D eigenvalue weighted by Crippen LogP contribution is 2.57. The van der Waals surface area contributed by atoms with Crippen molar-refractivity contribution in [3.8, 4) is 12.1 Å². The van der Waals surface area contributed by atoms with Gasteiger partial charge >= 0.3 is 18.0 Å². The minimum absolute atomic E-state index is 0.521. The molecular weight excluding hydrogens is 460 g/mol. The summed E-state index contributed by atoms with van der Waals surface area (Å²) in [5, 5.41) is 18.3. The molecule has 0 atom stereocenters. The molecule has 1 aliphatic heterocycles. The predicted octanol–water partition coefficient (Wildman–Crippen LogP) is 6.39. The van der Waals surface area contributed by atoms with Crippen LogP contribution in [0.2, 0.25) is 0 Å². The van der Waals surface area contributed by atoms with Crippen LogP contribution in [0, 0.1) is 22.7 Å². The Morgan fingerprint density at radius 2 is 1.44 bits per heavy atom. The fourth-order valence-electron chi connectivity index (χ4n) is 3.10. The number of ether oxygens (including phenoxy) is 1. The third-order valence-corrected chi connectivity index (χ3v) is 4.84. The molecule has 4 nitrogen and oxygen atoms in total. The summed E-state index contributed by atoms with van der Waals surface area (Å²) in [4.78, 5) is 1.91. The lowest BCUT2D eigenvalue weighted by Crippen LogP contribution is -2.57. The summed E-state index contributed by atoms with van der Waals surface area (Å²) >= 11 is 0. The van der Waals surface area contributed by atoms with Crippen LogP contribution in [0.1, 0.15) is 12.5 Å². The standard InChI is InChI=1S/C24H19F6N3O/c1-16(14-31)21-19(15-32)20(22(34-21,23(25,26)27)24(28,29)30)9-7-5-4-6-8-17-10-12-18(13-11-17)33(2)3/h4-13H,1-3H3/b5-4+,8-6+,9-7+,21-16+. The van der Waals surface area contributed by atoms with Crippen LogP contribution >= 0.6 is 0 Å². The molecule has 0 saturated carbocycles. The Balaban J connectivity index is 2.44. The smallest absolute Gasteiger partial charge is 0.442 e. The molecule has 2 rings (SSSR count). The Morgan fingerprint density at radius 1 is 0.912 bits per heavy atom. The molecule has 1 heterocycles. The van der Waals surface area contributed by atoms with Crippen LogP contribution in [0.5, 0.6) is 0 Å². The lowest BCUT2D eigenvalue weighted by atomic mass is 9.89. The summed E-state index contributed by atoms with van der Waals surface area (Å²) < 4.78 is 86.8. The van der Waals surface area contributed by atoms with E-state index in [2.05, 4.69) is 4.74 Å². The van der Waals surface area contributed by atoms with E-state index in [1.54, 1.807) is 12.2 Å². The van der Waals surface area contributed by atoms with Gasteiger partial charge in [-0.1, -0.05) is 48.6 Å². The molecule has 0 radical (unpaired) electrons. The second-order valence-electron chi connectivity index (χ2n) is 7.33. The lowest BCUT2D eigenvalue weighted by Gasteiger charge is -2.34. The largest absolute Gasteiger partial charge is 0.462 e. The number of allylic oxidation sites excluding steroid dienone is 6. The Kier molecular flexibility index (Phi) is 7.68. The molecule has 0 spiro atoms. The zero-order valence-corrected chi connectivity index (χ0v) is 18.3. The van der Waals surface area contributed by atoms with Crippen molar-refractivity contribution >= 4 is 11.8 Å². The van der Waals surface area contributed by atoms with Crippen molar-refractivity contribution in [2.24, 2.45) is 0 Å². The lowest BCUT2D eigenvalue weighted by molar-refractivity contribution is -0.350. The molecule has 178 valence electrons. The van der Waals surface area contributed by atoms with Crippen LogP contribution < -0.4 is 4.90 Å². The van der Waals surface area contributed by atoms with Gasteiger partial charge in [-0.05, 0) is 24.6 Å². The molecule has 0 fully saturated rings. The van der Waals surface area contributed by atoms with Crippen LogP contribution in [0.25, 0.3) is 6.08 Å². The van der Waals surface area contributed by atoms with Gasteiger partial charge in [-0.15, -0.1) is 0 Å². The number of rotatable bonds is 5. The van der Waals surface area contributed by atoms with Crippen LogP contribution in [0.3, 0.4) is 0 Å². The average molecular weight is 479 g/mol. The highest BCUT2D eigenvalue weighted by atomic mass is 19.4. The molecule has 0 unspecified atom stereocenters. The van der Waals surface area contributed by atoms with Gasteiger partial charge in [0.05, 0.1) is 11.6 Å². The average Bonchev–Trinajstić information content (AvgIpc) is 3.11. The van der Waals surface area contributed by atoms with Crippen LogP contribution in [-0.2, 0) is 4.74 Å². The molecule has 0 bridgehead atoms. The number of nitrogens with zero attached hydrogens (tertiary/aromatic N) is 3.